The number of esters is 1. The van der Waals surface area contributed by atoms with Crippen LogP contribution in [-0.2, 0) is 9.53 Å². The van der Waals surface area contributed by atoms with Crippen molar-refractivity contribution in [2.75, 3.05) is 0 Å². The Labute approximate surface area is 133 Å². The van der Waals surface area contributed by atoms with Gasteiger partial charge in [0.25, 0.3) is 0 Å². The van der Waals surface area contributed by atoms with Crippen molar-refractivity contribution in [2.24, 2.45) is 40.4 Å². The van der Waals surface area contributed by atoms with Gasteiger partial charge in [0, 0.05) is 0 Å². The number of carbonyl (C=O) groups is 1. The maximum absolute atomic E-state index is 13.4. The van der Waals surface area contributed by atoms with Gasteiger partial charge in [-0.05, 0) is 99.2 Å². The van der Waals surface area contributed by atoms with E-state index >= 15 is 0 Å². The van der Waals surface area contributed by atoms with E-state index in [0.717, 1.165) is 30.1 Å². The standard InChI is InChI=1S/C20H28O2/c1-2-19(9-12-3-4-14(19)5-12)22-17(21)18-8-13-6-15-7-16(11-18)20(15,18)10-13/h12-16H,2-11H2,1H3/t12-,13?,14+,15?,16?,18?,19+,20?/m0/s1. The summed E-state index contributed by atoms with van der Waals surface area (Å²) in [6.07, 6.45) is 12.8. The molecular weight excluding hydrogens is 272 g/mol. The molecule has 6 aliphatic carbocycles. The molecule has 6 rings (SSSR count). The molecule has 0 radical (unpaired) electrons. The summed E-state index contributed by atoms with van der Waals surface area (Å²) in [5, 5.41) is 0. The SMILES string of the molecule is CC[C@@]1(OC(=O)C23CC4CC5CC(C2)C53C4)C[C@H]2CC[C@@H]1C2. The Bertz CT molecular complexity index is 570. The summed E-state index contributed by atoms with van der Waals surface area (Å²) in [6, 6.07) is 0. The number of hydrogen-bond acceptors (Lipinski definition) is 2. The van der Waals surface area contributed by atoms with Gasteiger partial charge in [0.15, 0.2) is 0 Å². The van der Waals surface area contributed by atoms with Crippen LogP contribution in [0.2, 0.25) is 0 Å². The number of hydrogen-bond donors (Lipinski definition) is 0. The lowest BCUT2D eigenvalue weighted by Gasteiger charge is -2.71. The number of fused-ring (bicyclic) bond motifs is 3. The first-order valence-corrected chi connectivity index (χ1v) is 9.85. The quantitative estimate of drug-likeness (QED) is 0.725. The van der Waals surface area contributed by atoms with Crippen LogP contribution in [0.4, 0.5) is 0 Å². The summed E-state index contributed by atoms with van der Waals surface area (Å²) >= 11 is 0. The van der Waals surface area contributed by atoms with Gasteiger partial charge in [-0.3, -0.25) is 4.79 Å². The van der Waals surface area contributed by atoms with E-state index in [2.05, 4.69) is 6.92 Å². The Kier molecular flexibility index (Phi) is 2.10. The first kappa shape index (κ1) is 12.8. The van der Waals surface area contributed by atoms with Crippen molar-refractivity contribution in [2.45, 2.75) is 76.7 Å². The second-order valence-corrected chi connectivity index (χ2v) is 9.85. The number of carbonyl (C=O) groups excluding carboxylic acids is 1. The molecule has 0 amide bonds. The van der Waals surface area contributed by atoms with Crippen LogP contribution in [0, 0.1) is 40.4 Å². The molecule has 6 fully saturated rings. The van der Waals surface area contributed by atoms with E-state index in [4.69, 9.17) is 4.74 Å². The zero-order valence-electron chi connectivity index (χ0n) is 13.8. The van der Waals surface area contributed by atoms with E-state index in [0.29, 0.717) is 11.3 Å². The van der Waals surface area contributed by atoms with Crippen molar-refractivity contribution in [3.8, 4) is 0 Å². The fourth-order valence-corrected chi connectivity index (χ4v) is 8.85. The molecular formula is C20H28O2. The van der Waals surface area contributed by atoms with Crippen LogP contribution >= 0.6 is 0 Å². The van der Waals surface area contributed by atoms with Crippen molar-refractivity contribution in [3.05, 3.63) is 0 Å². The largest absolute Gasteiger partial charge is 0.458 e. The first-order valence-electron chi connectivity index (χ1n) is 9.85. The molecule has 0 aromatic rings. The molecule has 0 aromatic carbocycles. The normalized spacial score (nSPS) is 62.5. The van der Waals surface area contributed by atoms with E-state index in [-0.39, 0.29) is 17.0 Å². The monoisotopic (exact) mass is 300 g/mol. The Hall–Kier alpha value is -0.530. The van der Waals surface area contributed by atoms with Crippen LogP contribution in [-0.4, -0.2) is 11.6 Å². The molecule has 0 saturated heterocycles. The highest BCUT2D eigenvalue weighted by Crippen LogP contribution is 2.86. The number of rotatable bonds is 3. The van der Waals surface area contributed by atoms with Gasteiger partial charge in [-0.2, -0.15) is 0 Å². The minimum Gasteiger partial charge on any atom is -0.458 e. The van der Waals surface area contributed by atoms with Gasteiger partial charge in [-0.15, -0.1) is 0 Å². The van der Waals surface area contributed by atoms with E-state index in [1.807, 2.05) is 0 Å². The Morgan fingerprint density at radius 2 is 1.82 bits per heavy atom. The molecule has 120 valence electrons. The summed E-state index contributed by atoms with van der Waals surface area (Å²) in [5.74, 6) is 4.39. The molecule has 0 N–H and O–H groups in total. The van der Waals surface area contributed by atoms with E-state index in [9.17, 15) is 4.79 Å². The fraction of sp³-hybridized carbons (Fsp3) is 0.950. The molecule has 0 heterocycles. The molecule has 5 unspecified atom stereocenters. The molecule has 1 spiro atoms. The molecule has 8 atom stereocenters. The zero-order chi connectivity index (χ0) is 14.7. The van der Waals surface area contributed by atoms with E-state index in [1.54, 1.807) is 0 Å². The van der Waals surface area contributed by atoms with Crippen LogP contribution in [0.25, 0.3) is 0 Å². The summed E-state index contributed by atoms with van der Waals surface area (Å²) < 4.78 is 6.47. The maximum Gasteiger partial charge on any atom is 0.313 e. The third kappa shape index (κ3) is 1.11. The Balaban J connectivity index is 1.31. The fourth-order valence-electron chi connectivity index (χ4n) is 8.85. The van der Waals surface area contributed by atoms with Crippen LogP contribution in [0.3, 0.4) is 0 Å². The van der Waals surface area contributed by atoms with Crippen LogP contribution in [0.5, 0.6) is 0 Å². The molecule has 6 saturated carbocycles. The third-order valence-corrected chi connectivity index (χ3v) is 9.60. The van der Waals surface area contributed by atoms with Gasteiger partial charge < -0.3 is 4.74 Å². The van der Waals surface area contributed by atoms with Crippen molar-refractivity contribution in [1.82, 2.24) is 0 Å². The van der Waals surface area contributed by atoms with Gasteiger partial charge in [0.2, 0.25) is 0 Å². The van der Waals surface area contributed by atoms with E-state index in [1.165, 1.54) is 57.8 Å². The molecule has 4 bridgehead atoms. The average Bonchev–Trinajstić information content (AvgIpc) is 3.20. The highest BCUT2D eigenvalue weighted by atomic mass is 16.6. The second kappa shape index (κ2) is 3.59. The van der Waals surface area contributed by atoms with Gasteiger partial charge in [0.05, 0.1) is 5.41 Å². The highest BCUT2D eigenvalue weighted by molar-refractivity contribution is 5.82. The van der Waals surface area contributed by atoms with Gasteiger partial charge >= 0.3 is 5.97 Å². The van der Waals surface area contributed by atoms with Gasteiger partial charge in [0.1, 0.15) is 5.60 Å². The molecule has 6 aliphatic rings. The minimum absolute atomic E-state index is 0.0203. The topological polar surface area (TPSA) is 26.3 Å². The van der Waals surface area contributed by atoms with Crippen LogP contribution < -0.4 is 0 Å². The predicted octanol–water partition coefficient (Wildman–Crippen LogP) is 4.32. The minimum atomic E-state index is -0.0719. The second-order valence-electron chi connectivity index (χ2n) is 9.85. The molecule has 2 heteroatoms. The Morgan fingerprint density at radius 1 is 0.955 bits per heavy atom. The summed E-state index contributed by atoms with van der Waals surface area (Å²) in [5.41, 5.74) is 0.340. The van der Waals surface area contributed by atoms with E-state index < -0.39 is 0 Å². The molecule has 2 nitrogen and oxygen atoms in total. The van der Waals surface area contributed by atoms with Crippen molar-refractivity contribution < 1.29 is 9.53 Å². The lowest BCUT2D eigenvalue weighted by molar-refractivity contribution is -0.261. The van der Waals surface area contributed by atoms with Crippen molar-refractivity contribution in [3.63, 3.8) is 0 Å². The smallest absolute Gasteiger partial charge is 0.313 e. The molecule has 0 aromatic heterocycles. The van der Waals surface area contributed by atoms with Gasteiger partial charge in [-0.25, -0.2) is 0 Å². The zero-order valence-corrected chi connectivity index (χ0v) is 13.8. The Morgan fingerprint density at radius 3 is 2.45 bits per heavy atom. The molecule has 0 aliphatic heterocycles. The lowest BCUT2D eigenvalue weighted by Crippen LogP contribution is -2.70. The summed E-state index contributed by atoms with van der Waals surface area (Å²) in [4.78, 5) is 13.4. The molecule has 22 heavy (non-hydrogen) atoms. The average molecular weight is 300 g/mol. The first-order chi connectivity index (χ1) is 10.6. The summed E-state index contributed by atoms with van der Waals surface area (Å²) in [7, 11) is 0. The third-order valence-electron chi connectivity index (χ3n) is 9.60. The predicted molar refractivity (Wildman–Crippen MR) is 83.0 cm³/mol. The van der Waals surface area contributed by atoms with Gasteiger partial charge in [-0.1, -0.05) is 6.92 Å². The maximum atomic E-state index is 13.4. The van der Waals surface area contributed by atoms with Crippen LogP contribution in [0.15, 0.2) is 0 Å². The number of ether oxygens (including phenoxy) is 1. The lowest BCUT2D eigenvalue weighted by atomic mass is 9.32. The van der Waals surface area contributed by atoms with Crippen LogP contribution in [0.1, 0.15) is 71.1 Å². The summed E-state index contributed by atoms with van der Waals surface area (Å²) in [6.45, 7) is 2.25. The van der Waals surface area contributed by atoms with Crippen molar-refractivity contribution in [1.29, 1.82) is 0 Å². The van der Waals surface area contributed by atoms with Crippen molar-refractivity contribution >= 4 is 5.97 Å². The highest BCUT2D eigenvalue weighted by Gasteiger charge is 2.83.